The standard InChI is InChI=1S/C27H25F3N4O7/c28-27(29,30)17-1-4-21-20(12-17)25(36)34(33-31-21)8-5-16(26(37)38)11-22(35)24-19-3-2-18(13-23(19)41-32-24)40-14-15-6-9-39-10-7-15/h1-4,12-13,15-16H,5-11,14H2,(H,37,38). The second-order valence-electron chi connectivity index (χ2n) is 9.85. The number of rotatable bonds is 10. The van der Waals surface area contributed by atoms with Crippen molar-refractivity contribution >= 4 is 33.6 Å². The van der Waals surface area contributed by atoms with Gasteiger partial charge in [0.05, 0.1) is 28.9 Å². The maximum absolute atomic E-state index is 13.1. The highest BCUT2D eigenvalue weighted by atomic mass is 19.4. The van der Waals surface area contributed by atoms with Gasteiger partial charge in [0.2, 0.25) is 0 Å². The van der Waals surface area contributed by atoms with Crippen LogP contribution in [0.3, 0.4) is 0 Å². The van der Waals surface area contributed by atoms with Gasteiger partial charge in [0.1, 0.15) is 11.3 Å². The lowest BCUT2D eigenvalue weighted by Gasteiger charge is -2.21. The van der Waals surface area contributed by atoms with E-state index in [0.717, 1.165) is 29.7 Å². The molecule has 1 aliphatic heterocycles. The Kier molecular flexibility index (Phi) is 8.01. The molecule has 4 aromatic rings. The van der Waals surface area contributed by atoms with Crippen molar-refractivity contribution in [3.05, 3.63) is 58.0 Å². The average Bonchev–Trinajstić information content (AvgIpc) is 3.38. The smallest absolute Gasteiger partial charge is 0.416 e. The molecule has 216 valence electrons. The molecule has 0 amide bonds. The number of carboxylic acids is 1. The van der Waals surface area contributed by atoms with E-state index in [1.54, 1.807) is 18.2 Å². The molecule has 1 N–H and O–H groups in total. The van der Waals surface area contributed by atoms with Crippen LogP contribution >= 0.6 is 0 Å². The summed E-state index contributed by atoms with van der Waals surface area (Å²) in [5.41, 5.74) is -1.63. The van der Waals surface area contributed by atoms with Gasteiger partial charge >= 0.3 is 12.1 Å². The summed E-state index contributed by atoms with van der Waals surface area (Å²) >= 11 is 0. The van der Waals surface area contributed by atoms with E-state index >= 15 is 0 Å². The highest BCUT2D eigenvalue weighted by Gasteiger charge is 2.31. The molecule has 1 atom stereocenters. The van der Waals surface area contributed by atoms with Gasteiger partial charge in [0.25, 0.3) is 5.56 Å². The van der Waals surface area contributed by atoms with Crippen molar-refractivity contribution in [1.82, 2.24) is 20.2 Å². The van der Waals surface area contributed by atoms with Crippen LogP contribution in [0, 0.1) is 11.8 Å². The molecule has 1 unspecified atom stereocenters. The number of carboxylic acid groups (broad SMARTS) is 1. The summed E-state index contributed by atoms with van der Waals surface area (Å²) in [6.45, 7) is 1.64. The Hall–Kier alpha value is -4.33. The van der Waals surface area contributed by atoms with Crippen molar-refractivity contribution in [2.24, 2.45) is 11.8 Å². The molecular weight excluding hydrogens is 549 g/mol. The number of aromatic nitrogens is 4. The number of benzene rings is 2. The molecule has 1 saturated heterocycles. The van der Waals surface area contributed by atoms with Crippen LogP contribution in [0.4, 0.5) is 13.2 Å². The van der Waals surface area contributed by atoms with Gasteiger partial charge in [-0.1, -0.05) is 10.4 Å². The summed E-state index contributed by atoms with van der Waals surface area (Å²) in [6.07, 6.45) is -3.49. The number of aryl methyl sites for hydroxylation is 1. The summed E-state index contributed by atoms with van der Waals surface area (Å²) < 4.78 is 56.5. The summed E-state index contributed by atoms with van der Waals surface area (Å²) in [7, 11) is 0. The molecule has 0 spiro atoms. The van der Waals surface area contributed by atoms with Crippen LogP contribution in [0.1, 0.15) is 41.7 Å². The minimum atomic E-state index is -4.66. The predicted octanol–water partition coefficient (Wildman–Crippen LogP) is 4.12. The maximum atomic E-state index is 13.1. The molecular formula is C27H25F3N4O7. The van der Waals surface area contributed by atoms with Gasteiger partial charge in [-0.3, -0.25) is 14.4 Å². The first-order valence-corrected chi connectivity index (χ1v) is 12.9. The predicted molar refractivity (Wildman–Crippen MR) is 137 cm³/mol. The Morgan fingerprint density at radius 2 is 1.90 bits per heavy atom. The van der Waals surface area contributed by atoms with Gasteiger partial charge in [-0.25, -0.2) is 4.68 Å². The van der Waals surface area contributed by atoms with Crippen LogP contribution in [0.25, 0.3) is 21.9 Å². The number of ether oxygens (including phenoxy) is 2. The number of aliphatic carboxylic acids is 1. The summed E-state index contributed by atoms with van der Waals surface area (Å²) in [5.74, 6) is -2.18. The van der Waals surface area contributed by atoms with E-state index in [9.17, 15) is 32.7 Å². The molecule has 1 aliphatic rings. The van der Waals surface area contributed by atoms with Crippen LogP contribution in [0.15, 0.2) is 45.7 Å². The van der Waals surface area contributed by atoms with Crippen LogP contribution in [-0.2, 0) is 22.3 Å². The van der Waals surface area contributed by atoms with Crippen molar-refractivity contribution < 1.29 is 41.9 Å². The van der Waals surface area contributed by atoms with E-state index in [1.165, 1.54) is 0 Å². The van der Waals surface area contributed by atoms with Crippen molar-refractivity contribution in [2.75, 3.05) is 19.8 Å². The normalized spacial score (nSPS) is 15.3. The molecule has 2 aromatic heterocycles. The number of hydrogen-bond acceptors (Lipinski definition) is 9. The minimum Gasteiger partial charge on any atom is -0.493 e. The Labute approximate surface area is 229 Å². The molecule has 0 bridgehead atoms. The maximum Gasteiger partial charge on any atom is 0.416 e. The number of ketones is 1. The van der Waals surface area contributed by atoms with Gasteiger partial charge in [0.15, 0.2) is 17.1 Å². The number of hydrogen-bond donors (Lipinski definition) is 1. The molecule has 1 fully saturated rings. The third-order valence-corrected chi connectivity index (χ3v) is 7.05. The van der Waals surface area contributed by atoms with E-state index in [1.807, 2.05) is 0 Å². The number of carbonyl (C=O) groups excluding carboxylic acids is 1. The lowest BCUT2D eigenvalue weighted by molar-refractivity contribution is -0.142. The van der Waals surface area contributed by atoms with E-state index < -0.39 is 41.4 Å². The SMILES string of the molecule is O=C(CC(CCn1nnc2ccc(C(F)(F)F)cc2c1=O)C(=O)O)c1noc2cc(OCC3CCOCC3)ccc12. The van der Waals surface area contributed by atoms with Crippen molar-refractivity contribution in [1.29, 1.82) is 0 Å². The molecule has 0 radical (unpaired) electrons. The molecule has 41 heavy (non-hydrogen) atoms. The fourth-order valence-electron chi connectivity index (χ4n) is 4.65. The van der Waals surface area contributed by atoms with Gasteiger partial charge < -0.3 is 19.1 Å². The number of Topliss-reactive ketones (excluding diaryl/α,β-unsaturated/α-hetero) is 1. The Bertz CT molecular complexity index is 1640. The van der Waals surface area contributed by atoms with E-state index in [2.05, 4.69) is 15.5 Å². The van der Waals surface area contributed by atoms with Crippen LogP contribution in [0.2, 0.25) is 0 Å². The average molecular weight is 575 g/mol. The van der Waals surface area contributed by atoms with Gasteiger partial charge in [-0.15, -0.1) is 5.10 Å². The largest absolute Gasteiger partial charge is 0.493 e. The number of carbonyl (C=O) groups is 2. The summed E-state index contributed by atoms with van der Waals surface area (Å²) in [6, 6.07) is 7.42. The highest BCUT2D eigenvalue weighted by Crippen LogP contribution is 2.30. The first-order chi connectivity index (χ1) is 19.6. The number of halogens is 3. The molecule has 3 heterocycles. The number of alkyl halides is 3. The topological polar surface area (TPSA) is 147 Å². The number of fused-ring (bicyclic) bond motifs is 2. The minimum absolute atomic E-state index is 0.0285. The number of nitrogens with zero attached hydrogens (tertiary/aromatic N) is 4. The molecule has 5 rings (SSSR count). The van der Waals surface area contributed by atoms with Gasteiger partial charge in [0, 0.05) is 32.2 Å². The first kappa shape index (κ1) is 28.2. The zero-order valence-electron chi connectivity index (χ0n) is 21.6. The van der Waals surface area contributed by atoms with Crippen LogP contribution in [0.5, 0.6) is 5.75 Å². The molecule has 0 aliphatic carbocycles. The molecule has 0 saturated carbocycles. The lowest BCUT2D eigenvalue weighted by atomic mass is 9.96. The Morgan fingerprint density at radius 1 is 1.12 bits per heavy atom. The fraction of sp³-hybridized carbons (Fsp3) is 0.407. The summed E-state index contributed by atoms with van der Waals surface area (Å²) in [5, 5.41) is 21.1. The zero-order valence-corrected chi connectivity index (χ0v) is 21.6. The van der Waals surface area contributed by atoms with E-state index in [-0.39, 0.29) is 29.6 Å². The van der Waals surface area contributed by atoms with Crippen molar-refractivity contribution in [2.45, 2.75) is 38.4 Å². The highest BCUT2D eigenvalue weighted by molar-refractivity contribution is 6.06. The first-order valence-electron chi connectivity index (χ1n) is 12.9. The Balaban J connectivity index is 1.26. The molecule has 14 heteroatoms. The third-order valence-electron chi connectivity index (χ3n) is 7.05. The zero-order chi connectivity index (χ0) is 29.1. The van der Waals surface area contributed by atoms with Crippen LogP contribution < -0.4 is 10.3 Å². The lowest BCUT2D eigenvalue weighted by Crippen LogP contribution is -2.28. The Morgan fingerprint density at radius 3 is 2.63 bits per heavy atom. The van der Waals surface area contributed by atoms with Crippen molar-refractivity contribution in [3.63, 3.8) is 0 Å². The summed E-state index contributed by atoms with van der Waals surface area (Å²) in [4.78, 5) is 37.7. The molecule has 2 aromatic carbocycles. The fourth-order valence-corrected chi connectivity index (χ4v) is 4.65. The van der Waals surface area contributed by atoms with Crippen molar-refractivity contribution in [3.8, 4) is 5.75 Å². The van der Waals surface area contributed by atoms with E-state index in [4.69, 9.17) is 14.0 Å². The van der Waals surface area contributed by atoms with Crippen LogP contribution in [-0.4, -0.2) is 56.8 Å². The second-order valence-corrected chi connectivity index (χ2v) is 9.85. The van der Waals surface area contributed by atoms with Gasteiger partial charge in [-0.2, -0.15) is 13.2 Å². The van der Waals surface area contributed by atoms with Gasteiger partial charge in [-0.05, 0) is 55.5 Å². The molecule has 11 nitrogen and oxygen atoms in total. The van der Waals surface area contributed by atoms with E-state index in [0.29, 0.717) is 48.5 Å². The third kappa shape index (κ3) is 6.37. The second kappa shape index (κ2) is 11.6. The monoisotopic (exact) mass is 574 g/mol. The quantitative estimate of drug-likeness (QED) is 0.274.